The van der Waals surface area contributed by atoms with Gasteiger partial charge in [0, 0.05) is 29.7 Å². The lowest BCUT2D eigenvalue weighted by Crippen LogP contribution is -2.23. The number of benzene rings is 2. The molecule has 3 aromatic rings. The molecule has 1 fully saturated rings. The Labute approximate surface area is 188 Å². The van der Waals surface area contributed by atoms with Gasteiger partial charge >= 0.3 is 0 Å². The number of nitrogens with zero attached hydrogens (tertiary/aromatic N) is 3. The number of anilines is 5. The Hall–Kier alpha value is -3.66. The fourth-order valence-corrected chi connectivity index (χ4v) is 3.97. The van der Waals surface area contributed by atoms with Gasteiger partial charge in [-0.25, -0.2) is 9.37 Å². The number of hydrogen-bond acceptors (Lipinski definition) is 7. The van der Waals surface area contributed by atoms with Gasteiger partial charge in [0.15, 0.2) is 0 Å². The van der Waals surface area contributed by atoms with Crippen molar-refractivity contribution in [2.75, 3.05) is 28.3 Å². The second kappa shape index (κ2) is 9.23. The molecule has 0 aliphatic carbocycles. The van der Waals surface area contributed by atoms with Crippen molar-refractivity contribution in [3.8, 4) is 0 Å². The molecule has 164 valence electrons. The molecule has 0 radical (unpaired) electrons. The number of carbonyl (C=O) groups excluding carboxylic acids is 2. The van der Waals surface area contributed by atoms with E-state index in [9.17, 15) is 14.0 Å². The largest absolute Gasteiger partial charge is 0.365 e. The van der Waals surface area contributed by atoms with Gasteiger partial charge in [-0.15, -0.1) is 11.8 Å². The van der Waals surface area contributed by atoms with Crippen molar-refractivity contribution in [3.63, 3.8) is 0 Å². The van der Waals surface area contributed by atoms with Gasteiger partial charge in [-0.2, -0.15) is 4.98 Å². The van der Waals surface area contributed by atoms with Crippen LogP contribution in [0.2, 0.25) is 0 Å². The van der Waals surface area contributed by atoms with E-state index in [1.54, 1.807) is 17.0 Å². The van der Waals surface area contributed by atoms with Crippen LogP contribution in [0, 0.1) is 5.82 Å². The molecule has 1 aromatic heterocycles. The van der Waals surface area contributed by atoms with Crippen molar-refractivity contribution in [3.05, 3.63) is 60.0 Å². The number of halogens is 1. The first kappa shape index (κ1) is 21.6. The Bertz CT molecular complexity index is 1190. The van der Waals surface area contributed by atoms with Gasteiger partial charge in [-0.05, 0) is 43.0 Å². The van der Waals surface area contributed by atoms with Crippen molar-refractivity contribution in [1.29, 1.82) is 0 Å². The maximum Gasteiger partial charge on any atom is 0.254 e. The molecule has 10 heteroatoms. The van der Waals surface area contributed by atoms with Crippen LogP contribution >= 0.6 is 11.8 Å². The molecule has 0 unspecified atom stereocenters. The quantitative estimate of drug-likeness (QED) is 0.464. The summed E-state index contributed by atoms with van der Waals surface area (Å²) in [6.45, 7) is 0.594. The van der Waals surface area contributed by atoms with E-state index >= 15 is 0 Å². The Morgan fingerprint density at radius 2 is 2.00 bits per heavy atom. The molecule has 1 saturated heterocycles. The van der Waals surface area contributed by atoms with Crippen molar-refractivity contribution in [2.24, 2.45) is 5.73 Å². The number of hydrogen-bond donors (Lipinski definition) is 3. The number of aromatic nitrogens is 2. The molecule has 1 aliphatic heterocycles. The van der Waals surface area contributed by atoms with Crippen LogP contribution in [0.5, 0.6) is 0 Å². The average Bonchev–Trinajstić information content (AvgIpc) is 3.21. The molecule has 8 nitrogen and oxygen atoms in total. The Kier molecular flexibility index (Phi) is 6.22. The maximum atomic E-state index is 14.5. The highest BCUT2D eigenvalue weighted by atomic mass is 32.2. The number of nitrogens with two attached hydrogens (primary N) is 1. The van der Waals surface area contributed by atoms with E-state index in [0.717, 1.165) is 17.0 Å². The molecular weight excluding hydrogens is 431 g/mol. The first-order chi connectivity index (χ1) is 15.5. The molecule has 2 amide bonds. The topological polar surface area (TPSA) is 113 Å². The minimum absolute atomic E-state index is 0.00330. The summed E-state index contributed by atoms with van der Waals surface area (Å²) in [5.41, 5.74) is 7.04. The summed E-state index contributed by atoms with van der Waals surface area (Å²) in [6, 6.07) is 11.9. The smallest absolute Gasteiger partial charge is 0.254 e. The van der Waals surface area contributed by atoms with Crippen molar-refractivity contribution < 1.29 is 14.0 Å². The van der Waals surface area contributed by atoms with E-state index in [2.05, 4.69) is 20.6 Å². The number of amides is 2. The lowest BCUT2D eigenvalue weighted by molar-refractivity contribution is -0.117. The van der Waals surface area contributed by atoms with Crippen molar-refractivity contribution >= 4 is 52.4 Å². The summed E-state index contributed by atoms with van der Waals surface area (Å²) >= 11 is 1.53. The van der Waals surface area contributed by atoms with Gasteiger partial charge in [0.1, 0.15) is 17.2 Å². The number of nitrogens with one attached hydrogen (secondary N) is 2. The third kappa shape index (κ3) is 4.50. The Morgan fingerprint density at radius 1 is 1.19 bits per heavy atom. The van der Waals surface area contributed by atoms with Crippen LogP contribution < -0.4 is 21.3 Å². The maximum absolute atomic E-state index is 14.5. The fraction of sp³-hybridized carbons (Fsp3) is 0.182. The number of rotatable bonds is 7. The lowest BCUT2D eigenvalue weighted by Gasteiger charge is -2.17. The number of para-hydroxylation sites is 1. The number of carbonyl (C=O) groups is 2. The zero-order chi connectivity index (χ0) is 22.7. The molecule has 1 aliphatic rings. The average molecular weight is 453 g/mol. The van der Waals surface area contributed by atoms with Crippen LogP contribution in [-0.2, 0) is 4.79 Å². The predicted molar refractivity (Wildman–Crippen MR) is 123 cm³/mol. The van der Waals surface area contributed by atoms with Gasteiger partial charge in [0.25, 0.3) is 5.91 Å². The molecular formula is C22H21FN6O2S. The third-order valence-corrected chi connectivity index (χ3v) is 5.79. The summed E-state index contributed by atoms with van der Waals surface area (Å²) in [7, 11) is 0. The first-order valence-corrected chi connectivity index (χ1v) is 11.1. The first-order valence-electron chi connectivity index (χ1n) is 9.90. The molecule has 2 aromatic carbocycles. The molecule has 4 N–H and O–H groups in total. The van der Waals surface area contributed by atoms with Gasteiger partial charge in [0.05, 0.1) is 11.4 Å². The zero-order valence-corrected chi connectivity index (χ0v) is 18.1. The van der Waals surface area contributed by atoms with Crippen molar-refractivity contribution in [2.45, 2.75) is 17.7 Å². The standard InChI is InChI=1S/C22H21FN6O2S/c1-32-18-6-3-2-5-16(18)26-21-14(20(24)31)12-25-22(28-21)27-17-11-13(8-9-15(17)23)29-10-4-7-19(29)30/h2-3,5-6,8-9,11-12H,4,7,10H2,1H3,(H2,24,31)(H2,25,26,27,28). The molecule has 0 saturated carbocycles. The van der Waals surface area contributed by atoms with E-state index in [-0.39, 0.29) is 28.9 Å². The van der Waals surface area contributed by atoms with Gasteiger partial charge < -0.3 is 21.3 Å². The third-order valence-electron chi connectivity index (χ3n) is 5.00. The minimum atomic E-state index is -0.693. The van der Waals surface area contributed by atoms with E-state index in [4.69, 9.17) is 5.73 Å². The number of thioether (sulfide) groups is 1. The highest BCUT2D eigenvalue weighted by Crippen LogP contribution is 2.30. The SMILES string of the molecule is CSc1ccccc1Nc1nc(Nc2cc(N3CCCC3=O)ccc2F)ncc1C(N)=O. The molecule has 2 heterocycles. The van der Waals surface area contributed by atoms with Crippen LogP contribution in [-0.4, -0.2) is 34.6 Å². The van der Waals surface area contributed by atoms with Crippen LogP contribution in [0.3, 0.4) is 0 Å². The summed E-state index contributed by atoms with van der Waals surface area (Å²) in [6.07, 6.45) is 4.46. The van der Waals surface area contributed by atoms with E-state index in [1.807, 2.05) is 30.5 Å². The van der Waals surface area contributed by atoms with E-state index in [0.29, 0.717) is 18.7 Å². The molecule has 0 spiro atoms. The number of primary amides is 1. The highest BCUT2D eigenvalue weighted by molar-refractivity contribution is 7.98. The minimum Gasteiger partial charge on any atom is -0.365 e. The van der Waals surface area contributed by atoms with Crippen LogP contribution in [0.25, 0.3) is 0 Å². The summed E-state index contributed by atoms with van der Waals surface area (Å²) in [5.74, 6) is -0.944. The summed E-state index contributed by atoms with van der Waals surface area (Å²) in [5, 5.41) is 5.96. The van der Waals surface area contributed by atoms with Crippen LogP contribution in [0.1, 0.15) is 23.2 Å². The zero-order valence-electron chi connectivity index (χ0n) is 17.3. The Balaban J connectivity index is 1.66. The van der Waals surface area contributed by atoms with Crippen molar-refractivity contribution in [1.82, 2.24) is 9.97 Å². The van der Waals surface area contributed by atoms with E-state index in [1.165, 1.54) is 24.0 Å². The second-order valence-electron chi connectivity index (χ2n) is 7.08. The molecule has 4 rings (SSSR count). The highest BCUT2D eigenvalue weighted by Gasteiger charge is 2.23. The lowest BCUT2D eigenvalue weighted by atomic mass is 10.2. The summed E-state index contributed by atoms with van der Waals surface area (Å²) < 4.78 is 14.5. The van der Waals surface area contributed by atoms with Gasteiger partial charge in [0.2, 0.25) is 11.9 Å². The summed E-state index contributed by atoms with van der Waals surface area (Å²) in [4.78, 5) is 35.0. The molecule has 0 atom stereocenters. The van der Waals surface area contributed by atoms with Crippen LogP contribution in [0.15, 0.2) is 53.6 Å². The fourth-order valence-electron chi connectivity index (χ4n) is 3.41. The predicted octanol–water partition coefficient (Wildman–Crippen LogP) is 4.05. The van der Waals surface area contributed by atoms with E-state index < -0.39 is 11.7 Å². The van der Waals surface area contributed by atoms with Gasteiger partial charge in [-0.3, -0.25) is 9.59 Å². The Morgan fingerprint density at radius 3 is 2.72 bits per heavy atom. The molecule has 0 bridgehead atoms. The molecule has 32 heavy (non-hydrogen) atoms. The van der Waals surface area contributed by atoms with Crippen LogP contribution in [0.4, 0.5) is 33.2 Å². The van der Waals surface area contributed by atoms with Gasteiger partial charge in [-0.1, -0.05) is 12.1 Å². The second-order valence-corrected chi connectivity index (χ2v) is 7.93. The normalized spacial score (nSPS) is 13.3. The monoisotopic (exact) mass is 452 g/mol.